The van der Waals surface area contributed by atoms with Gasteiger partial charge in [0, 0.05) is 49.3 Å². The van der Waals surface area contributed by atoms with Crippen molar-refractivity contribution < 1.29 is 14.1 Å². The number of para-hydroxylation sites is 2. The first-order valence-corrected chi connectivity index (χ1v) is 9.42. The lowest BCUT2D eigenvalue weighted by atomic mass is 9.94. The third-order valence-corrected chi connectivity index (χ3v) is 5.45. The SMILES string of the molecule is CN(Cc1c(F)cccc1Cl)C(=O)C1CCN(c2ccccc2[N+](=O)[O-])CC1. The molecule has 1 fully saturated rings. The van der Waals surface area contributed by atoms with E-state index < -0.39 is 10.7 Å². The second-order valence-corrected chi connectivity index (χ2v) is 7.31. The van der Waals surface area contributed by atoms with E-state index in [-0.39, 0.29) is 24.1 Å². The summed E-state index contributed by atoms with van der Waals surface area (Å²) in [7, 11) is 1.64. The zero-order valence-electron chi connectivity index (χ0n) is 15.5. The van der Waals surface area contributed by atoms with Crippen molar-refractivity contribution in [3.05, 3.63) is 69.0 Å². The van der Waals surface area contributed by atoms with Crippen LogP contribution in [-0.2, 0) is 11.3 Å². The first-order chi connectivity index (χ1) is 13.4. The van der Waals surface area contributed by atoms with Gasteiger partial charge in [-0.15, -0.1) is 0 Å². The number of benzene rings is 2. The van der Waals surface area contributed by atoms with E-state index in [1.807, 2.05) is 4.90 Å². The summed E-state index contributed by atoms with van der Waals surface area (Å²) in [5.41, 5.74) is 0.945. The summed E-state index contributed by atoms with van der Waals surface area (Å²) in [6.07, 6.45) is 1.17. The minimum Gasteiger partial charge on any atom is -0.366 e. The largest absolute Gasteiger partial charge is 0.366 e. The third-order valence-electron chi connectivity index (χ3n) is 5.10. The Kier molecular flexibility index (Phi) is 6.14. The highest BCUT2D eigenvalue weighted by Crippen LogP contribution is 2.32. The van der Waals surface area contributed by atoms with Gasteiger partial charge in [-0.25, -0.2) is 4.39 Å². The standard InChI is InChI=1S/C20H21ClFN3O3/c1-23(13-15-16(21)5-4-6-17(15)22)20(26)14-9-11-24(12-10-14)18-7-2-3-8-19(18)25(27)28/h2-8,14H,9-13H2,1H3. The Morgan fingerprint density at radius 3 is 2.57 bits per heavy atom. The maximum atomic E-state index is 14.0. The zero-order chi connectivity index (χ0) is 20.3. The molecule has 148 valence electrons. The van der Waals surface area contributed by atoms with Crippen molar-refractivity contribution in [2.45, 2.75) is 19.4 Å². The van der Waals surface area contributed by atoms with E-state index >= 15 is 0 Å². The van der Waals surface area contributed by atoms with Gasteiger partial charge in [0.25, 0.3) is 5.69 Å². The lowest BCUT2D eigenvalue weighted by Gasteiger charge is -2.34. The van der Waals surface area contributed by atoms with E-state index in [9.17, 15) is 19.3 Å². The fourth-order valence-electron chi connectivity index (χ4n) is 3.56. The number of nitro groups is 1. The van der Waals surface area contributed by atoms with Crippen LogP contribution < -0.4 is 4.90 Å². The van der Waals surface area contributed by atoms with E-state index in [0.29, 0.717) is 42.2 Å². The van der Waals surface area contributed by atoms with Crippen LogP contribution in [0.3, 0.4) is 0 Å². The van der Waals surface area contributed by atoms with E-state index in [2.05, 4.69) is 0 Å². The molecule has 28 heavy (non-hydrogen) atoms. The number of amides is 1. The Morgan fingerprint density at radius 2 is 1.93 bits per heavy atom. The van der Waals surface area contributed by atoms with Gasteiger partial charge in [0.15, 0.2) is 0 Å². The lowest BCUT2D eigenvalue weighted by Crippen LogP contribution is -2.41. The molecule has 1 amide bonds. The van der Waals surface area contributed by atoms with Gasteiger partial charge in [-0.05, 0) is 31.0 Å². The lowest BCUT2D eigenvalue weighted by molar-refractivity contribution is -0.384. The Balaban J connectivity index is 1.63. The van der Waals surface area contributed by atoms with Crippen molar-refractivity contribution in [2.24, 2.45) is 5.92 Å². The van der Waals surface area contributed by atoms with Gasteiger partial charge in [0.1, 0.15) is 11.5 Å². The molecule has 6 nitrogen and oxygen atoms in total. The number of hydrogen-bond donors (Lipinski definition) is 0. The van der Waals surface area contributed by atoms with Gasteiger partial charge < -0.3 is 9.80 Å². The molecule has 0 spiro atoms. The molecule has 2 aromatic carbocycles. The topological polar surface area (TPSA) is 66.7 Å². The van der Waals surface area contributed by atoms with Gasteiger partial charge in [-0.2, -0.15) is 0 Å². The molecule has 1 aliphatic heterocycles. The van der Waals surface area contributed by atoms with E-state index in [0.717, 1.165) is 0 Å². The Labute approximate surface area is 167 Å². The number of hydrogen-bond acceptors (Lipinski definition) is 4. The smallest absolute Gasteiger partial charge is 0.292 e. The van der Waals surface area contributed by atoms with Crippen LogP contribution in [0.1, 0.15) is 18.4 Å². The van der Waals surface area contributed by atoms with Gasteiger partial charge in [-0.3, -0.25) is 14.9 Å². The summed E-state index contributed by atoms with van der Waals surface area (Å²) in [5, 5.41) is 11.5. The molecule has 0 radical (unpaired) electrons. The van der Waals surface area contributed by atoms with Gasteiger partial charge in [0.2, 0.25) is 5.91 Å². The molecule has 1 heterocycles. The Bertz CT molecular complexity index is 864. The van der Waals surface area contributed by atoms with Crippen LogP contribution in [0.25, 0.3) is 0 Å². The maximum absolute atomic E-state index is 14.0. The quantitative estimate of drug-likeness (QED) is 0.550. The summed E-state index contributed by atoms with van der Waals surface area (Å²) in [6.45, 7) is 1.21. The Morgan fingerprint density at radius 1 is 1.25 bits per heavy atom. The van der Waals surface area contributed by atoms with Crippen LogP contribution in [0.5, 0.6) is 0 Å². The summed E-state index contributed by atoms with van der Waals surface area (Å²) >= 11 is 6.05. The normalized spacial score (nSPS) is 14.8. The molecule has 3 rings (SSSR count). The minimum atomic E-state index is -0.432. The Hall–Kier alpha value is -2.67. The molecular weight excluding hydrogens is 385 g/mol. The van der Waals surface area contributed by atoms with E-state index in [1.54, 1.807) is 31.3 Å². The number of nitro benzene ring substituents is 1. The number of piperidine rings is 1. The highest BCUT2D eigenvalue weighted by atomic mass is 35.5. The molecule has 1 saturated heterocycles. The molecule has 1 aliphatic rings. The molecule has 2 aromatic rings. The van der Waals surface area contributed by atoms with Crippen LogP contribution in [0.2, 0.25) is 5.02 Å². The van der Waals surface area contributed by atoms with Crippen molar-refractivity contribution in [3.63, 3.8) is 0 Å². The fourth-order valence-corrected chi connectivity index (χ4v) is 3.79. The van der Waals surface area contributed by atoms with Gasteiger partial charge in [-0.1, -0.05) is 29.8 Å². The number of nitrogens with zero attached hydrogens (tertiary/aromatic N) is 3. The summed E-state index contributed by atoms with van der Waals surface area (Å²) in [6, 6.07) is 11.1. The van der Waals surface area contributed by atoms with Crippen LogP contribution in [0.15, 0.2) is 42.5 Å². The van der Waals surface area contributed by atoms with Crippen LogP contribution in [-0.4, -0.2) is 35.9 Å². The highest BCUT2D eigenvalue weighted by Gasteiger charge is 2.30. The molecule has 0 unspecified atom stereocenters. The average molecular weight is 406 g/mol. The van der Waals surface area contributed by atoms with Gasteiger partial charge >= 0.3 is 0 Å². The van der Waals surface area contributed by atoms with Crippen molar-refractivity contribution in [1.82, 2.24) is 4.90 Å². The minimum absolute atomic E-state index is 0.0680. The van der Waals surface area contributed by atoms with E-state index in [4.69, 9.17) is 11.6 Å². The van der Waals surface area contributed by atoms with Gasteiger partial charge in [0.05, 0.1) is 4.92 Å². The zero-order valence-corrected chi connectivity index (χ0v) is 16.2. The molecule has 8 heteroatoms. The summed E-state index contributed by atoms with van der Waals surface area (Å²) in [5.74, 6) is -0.700. The van der Waals surface area contributed by atoms with E-state index in [1.165, 1.54) is 23.1 Å². The number of carbonyl (C=O) groups is 1. The maximum Gasteiger partial charge on any atom is 0.292 e. The predicted octanol–water partition coefficient (Wildman–Crippen LogP) is 4.26. The van der Waals surface area contributed by atoms with Crippen molar-refractivity contribution in [3.8, 4) is 0 Å². The number of carbonyl (C=O) groups excluding carboxylic acids is 1. The molecule has 0 atom stereocenters. The molecule has 0 aliphatic carbocycles. The highest BCUT2D eigenvalue weighted by molar-refractivity contribution is 6.31. The second kappa shape index (κ2) is 8.56. The predicted molar refractivity (Wildman–Crippen MR) is 106 cm³/mol. The number of halogens is 2. The van der Waals surface area contributed by atoms with Crippen molar-refractivity contribution in [2.75, 3.05) is 25.0 Å². The van der Waals surface area contributed by atoms with Crippen molar-refractivity contribution in [1.29, 1.82) is 0 Å². The molecule has 0 N–H and O–H groups in total. The van der Waals surface area contributed by atoms with Crippen LogP contribution >= 0.6 is 11.6 Å². The van der Waals surface area contributed by atoms with Crippen LogP contribution in [0.4, 0.5) is 15.8 Å². The monoisotopic (exact) mass is 405 g/mol. The molecule has 0 bridgehead atoms. The number of anilines is 1. The summed E-state index contributed by atoms with van der Waals surface area (Å²) < 4.78 is 14.0. The average Bonchev–Trinajstić information content (AvgIpc) is 2.70. The first-order valence-electron chi connectivity index (χ1n) is 9.04. The van der Waals surface area contributed by atoms with Crippen molar-refractivity contribution >= 4 is 28.9 Å². The fraction of sp³-hybridized carbons (Fsp3) is 0.350. The molecular formula is C20H21ClFN3O3. The van der Waals surface area contributed by atoms with Crippen LogP contribution in [0, 0.1) is 21.8 Å². The summed E-state index contributed by atoms with van der Waals surface area (Å²) in [4.78, 5) is 27.1. The third kappa shape index (κ3) is 4.25. The molecule has 0 saturated carbocycles. The number of rotatable bonds is 5. The first kappa shape index (κ1) is 20.1. The second-order valence-electron chi connectivity index (χ2n) is 6.90. The molecule has 0 aromatic heterocycles.